The van der Waals surface area contributed by atoms with Crippen molar-refractivity contribution in [1.29, 1.82) is 0 Å². The Bertz CT molecular complexity index is 543. The van der Waals surface area contributed by atoms with Gasteiger partial charge in [-0.1, -0.05) is 19.3 Å². The lowest BCUT2D eigenvalue weighted by Crippen LogP contribution is -2.39. The smallest absolute Gasteiger partial charge is 0.314 e. The normalized spacial score (nSPS) is 20.9. The molecular formula is C18H25NO3. The molecule has 2 aliphatic rings. The highest BCUT2D eigenvalue weighted by atomic mass is 16.5. The van der Waals surface area contributed by atoms with Crippen molar-refractivity contribution in [3.8, 4) is 5.75 Å². The maximum atomic E-state index is 12.2. The quantitative estimate of drug-likeness (QED) is 0.923. The highest BCUT2D eigenvalue weighted by Crippen LogP contribution is 2.45. The fourth-order valence-corrected chi connectivity index (χ4v) is 4.01. The Balaban J connectivity index is 2.10. The van der Waals surface area contributed by atoms with Gasteiger partial charge in [-0.25, -0.2) is 0 Å². The van der Waals surface area contributed by atoms with Gasteiger partial charge in [-0.2, -0.15) is 0 Å². The topological polar surface area (TPSA) is 49.8 Å². The first kappa shape index (κ1) is 15.2. The molecule has 0 amide bonds. The molecule has 0 radical (unpaired) electrons. The van der Waals surface area contributed by atoms with Crippen LogP contribution in [-0.2, 0) is 10.2 Å². The van der Waals surface area contributed by atoms with Crippen molar-refractivity contribution in [3.05, 3.63) is 23.8 Å². The number of aliphatic carboxylic acids is 1. The van der Waals surface area contributed by atoms with Crippen LogP contribution in [0.5, 0.6) is 5.75 Å². The number of carboxylic acid groups (broad SMARTS) is 1. The summed E-state index contributed by atoms with van der Waals surface area (Å²) in [6.45, 7) is 2.05. The molecule has 0 atom stereocenters. The number of nitrogens with zero attached hydrogens (tertiary/aromatic N) is 1. The van der Waals surface area contributed by atoms with Crippen molar-refractivity contribution in [2.24, 2.45) is 0 Å². The molecule has 1 aromatic carbocycles. The number of carbonyl (C=O) groups is 1. The predicted molar refractivity (Wildman–Crippen MR) is 86.8 cm³/mol. The number of rotatable bonds is 4. The molecule has 4 heteroatoms. The lowest BCUT2D eigenvalue weighted by atomic mass is 9.68. The van der Waals surface area contributed by atoms with Crippen LogP contribution in [0.2, 0.25) is 0 Å². The van der Waals surface area contributed by atoms with Gasteiger partial charge >= 0.3 is 5.97 Å². The average molecular weight is 303 g/mol. The summed E-state index contributed by atoms with van der Waals surface area (Å²) in [5, 5.41) is 10.0. The maximum absolute atomic E-state index is 12.2. The van der Waals surface area contributed by atoms with Gasteiger partial charge in [-0.3, -0.25) is 4.79 Å². The molecule has 1 heterocycles. The fourth-order valence-electron chi connectivity index (χ4n) is 4.01. The van der Waals surface area contributed by atoms with E-state index in [2.05, 4.69) is 11.0 Å². The second-order valence-electron chi connectivity index (χ2n) is 6.53. The first-order chi connectivity index (χ1) is 10.7. The number of anilines is 1. The molecule has 1 aliphatic carbocycles. The Morgan fingerprint density at radius 1 is 1.14 bits per heavy atom. The molecule has 0 spiro atoms. The number of ether oxygens (including phenoxy) is 1. The summed E-state index contributed by atoms with van der Waals surface area (Å²) in [4.78, 5) is 14.5. The summed E-state index contributed by atoms with van der Waals surface area (Å²) in [6.07, 6.45) is 6.95. The van der Waals surface area contributed by atoms with Crippen LogP contribution in [0.3, 0.4) is 0 Å². The van der Waals surface area contributed by atoms with E-state index in [0.29, 0.717) is 0 Å². The molecule has 0 bridgehead atoms. The van der Waals surface area contributed by atoms with E-state index in [4.69, 9.17) is 4.74 Å². The second-order valence-corrected chi connectivity index (χ2v) is 6.53. The largest absolute Gasteiger partial charge is 0.497 e. The Labute approximate surface area is 132 Å². The molecule has 1 aromatic rings. The van der Waals surface area contributed by atoms with Crippen LogP contribution in [0.15, 0.2) is 18.2 Å². The summed E-state index contributed by atoms with van der Waals surface area (Å²) in [7, 11) is 1.64. The van der Waals surface area contributed by atoms with Crippen molar-refractivity contribution in [1.82, 2.24) is 0 Å². The van der Waals surface area contributed by atoms with Crippen molar-refractivity contribution >= 4 is 11.7 Å². The zero-order valence-electron chi connectivity index (χ0n) is 13.3. The number of methoxy groups -OCH3 is 1. The van der Waals surface area contributed by atoms with E-state index in [1.807, 2.05) is 12.1 Å². The van der Waals surface area contributed by atoms with Crippen LogP contribution in [-0.4, -0.2) is 31.3 Å². The number of carboxylic acids is 1. The number of hydrogen-bond donors (Lipinski definition) is 1. The standard InChI is InChI=1S/C18H25NO3/c1-22-14-7-8-16(19-11-5-6-12-19)15(13-14)18(17(20)21)9-3-2-4-10-18/h7-8,13H,2-6,9-12H2,1H3,(H,20,21). The SMILES string of the molecule is COc1ccc(N2CCCC2)c(C2(C(=O)O)CCCCC2)c1. The molecule has 0 unspecified atom stereocenters. The van der Waals surface area contributed by atoms with Gasteiger partial charge in [-0.05, 0) is 49.4 Å². The number of hydrogen-bond acceptors (Lipinski definition) is 3. The Morgan fingerprint density at radius 3 is 2.41 bits per heavy atom. The van der Waals surface area contributed by atoms with Crippen LogP contribution in [0.4, 0.5) is 5.69 Å². The first-order valence-electron chi connectivity index (χ1n) is 8.34. The molecular weight excluding hydrogens is 278 g/mol. The summed E-state index contributed by atoms with van der Waals surface area (Å²) in [6, 6.07) is 5.97. The van der Waals surface area contributed by atoms with Crippen LogP contribution in [0.1, 0.15) is 50.5 Å². The zero-order chi connectivity index (χ0) is 15.6. The summed E-state index contributed by atoms with van der Waals surface area (Å²) < 4.78 is 5.38. The maximum Gasteiger partial charge on any atom is 0.314 e. The van der Waals surface area contributed by atoms with Gasteiger partial charge in [0, 0.05) is 18.8 Å². The van der Waals surface area contributed by atoms with E-state index in [1.54, 1.807) is 7.11 Å². The summed E-state index contributed by atoms with van der Waals surface area (Å²) in [5.74, 6) is 0.0741. The van der Waals surface area contributed by atoms with Crippen molar-refractivity contribution in [2.75, 3.05) is 25.1 Å². The van der Waals surface area contributed by atoms with Crippen LogP contribution >= 0.6 is 0 Å². The number of benzene rings is 1. The van der Waals surface area contributed by atoms with Gasteiger partial charge in [0.25, 0.3) is 0 Å². The van der Waals surface area contributed by atoms with Crippen LogP contribution in [0, 0.1) is 0 Å². The summed E-state index contributed by atoms with van der Waals surface area (Å²) in [5.41, 5.74) is 1.31. The Hall–Kier alpha value is -1.71. The van der Waals surface area contributed by atoms with E-state index in [-0.39, 0.29) is 0 Å². The molecule has 0 aromatic heterocycles. The molecule has 1 saturated carbocycles. The van der Waals surface area contributed by atoms with E-state index >= 15 is 0 Å². The minimum Gasteiger partial charge on any atom is -0.497 e. The highest BCUT2D eigenvalue weighted by molar-refractivity contribution is 5.85. The molecule has 120 valence electrons. The molecule has 2 fully saturated rings. The molecule has 1 saturated heterocycles. The molecule has 22 heavy (non-hydrogen) atoms. The molecule has 1 N–H and O–H groups in total. The molecule has 3 rings (SSSR count). The van der Waals surface area contributed by atoms with E-state index < -0.39 is 11.4 Å². The minimum atomic E-state index is -0.745. The summed E-state index contributed by atoms with van der Waals surface area (Å²) >= 11 is 0. The monoisotopic (exact) mass is 303 g/mol. The molecule has 4 nitrogen and oxygen atoms in total. The third kappa shape index (κ3) is 2.55. The predicted octanol–water partition coefficient (Wildman–Crippen LogP) is 3.58. The zero-order valence-corrected chi connectivity index (χ0v) is 13.3. The lowest BCUT2D eigenvalue weighted by molar-refractivity contribution is -0.145. The van der Waals surface area contributed by atoms with Gasteiger partial charge in [0.15, 0.2) is 0 Å². The first-order valence-corrected chi connectivity index (χ1v) is 8.34. The van der Waals surface area contributed by atoms with E-state index in [1.165, 1.54) is 12.8 Å². The van der Waals surface area contributed by atoms with Gasteiger partial charge in [0.2, 0.25) is 0 Å². The lowest BCUT2D eigenvalue weighted by Gasteiger charge is -2.37. The van der Waals surface area contributed by atoms with E-state index in [0.717, 1.165) is 62.2 Å². The van der Waals surface area contributed by atoms with Gasteiger partial charge in [0.05, 0.1) is 12.5 Å². The minimum absolute atomic E-state index is 0.680. The second kappa shape index (κ2) is 6.19. The van der Waals surface area contributed by atoms with Gasteiger partial charge in [-0.15, -0.1) is 0 Å². The third-order valence-electron chi connectivity index (χ3n) is 5.28. The van der Waals surface area contributed by atoms with Crippen molar-refractivity contribution in [2.45, 2.75) is 50.4 Å². The Kier molecular flexibility index (Phi) is 4.27. The highest BCUT2D eigenvalue weighted by Gasteiger charge is 2.43. The van der Waals surface area contributed by atoms with Crippen LogP contribution in [0.25, 0.3) is 0 Å². The third-order valence-corrected chi connectivity index (χ3v) is 5.28. The average Bonchev–Trinajstić information content (AvgIpc) is 3.09. The van der Waals surface area contributed by atoms with Gasteiger partial charge < -0.3 is 14.7 Å². The van der Waals surface area contributed by atoms with Gasteiger partial charge in [0.1, 0.15) is 5.75 Å². The fraction of sp³-hybridized carbons (Fsp3) is 0.611. The van der Waals surface area contributed by atoms with Crippen molar-refractivity contribution < 1.29 is 14.6 Å². The van der Waals surface area contributed by atoms with Crippen LogP contribution < -0.4 is 9.64 Å². The van der Waals surface area contributed by atoms with Crippen molar-refractivity contribution in [3.63, 3.8) is 0 Å². The van der Waals surface area contributed by atoms with E-state index in [9.17, 15) is 9.90 Å². The molecule has 1 aliphatic heterocycles. The Morgan fingerprint density at radius 2 is 1.82 bits per heavy atom.